The number of hydrogen-bond acceptors (Lipinski definition) is 4. The summed E-state index contributed by atoms with van der Waals surface area (Å²) in [5.41, 5.74) is 4.22. The maximum absolute atomic E-state index is 13.6. The lowest BCUT2D eigenvalue weighted by Gasteiger charge is -2.31. The van der Waals surface area contributed by atoms with E-state index in [4.69, 9.17) is 11.6 Å². The van der Waals surface area contributed by atoms with Crippen molar-refractivity contribution in [3.05, 3.63) is 64.9 Å². The third kappa shape index (κ3) is 4.92. The molecule has 0 spiro atoms. The first-order valence-corrected chi connectivity index (χ1v) is 10.7. The Morgan fingerprint density at radius 2 is 1.76 bits per heavy atom. The highest BCUT2D eigenvalue weighted by Gasteiger charge is 2.33. The molecule has 10 heteroatoms. The summed E-state index contributed by atoms with van der Waals surface area (Å²) >= 11 is 5.81. The van der Waals surface area contributed by atoms with Gasteiger partial charge in [0.2, 0.25) is 15.9 Å². The highest BCUT2D eigenvalue weighted by atomic mass is 35.5. The molecule has 0 aromatic heterocycles. The second-order valence-corrected chi connectivity index (χ2v) is 8.95. The molecule has 1 aliphatic rings. The molecule has 2 aromatic rings. The molecule has 2 amide bonds. The Bertz CT molecular complexity index is 1010. The maximum atomic E-state index is 13.6. The fourth-order valence-electron chi connectivity index (χ4n) is 3.06. The number of carbonyl (C=O) groups is 2. The number of nitrogens with one attached hydrogen (secondary N) is 2. The predicted molar refractivity (Wildman–Crippen MR) is 105 cm³/mol. The summed E-state index contributed by atoms with van der Waals surface area (Å²) in [5, 5.41) is 0.422. The molecule has 154 valence electrons. The highest BCUT2D eigenvalue weighted by Crippen LogP contribution is 2.24. The van der Waals surface area contributed by atoms with Crippen molar-refractivity contribution >= 4 is 33.4 Å². The van der Waals surface area contributed by atoms with Gasteiger partial charge in [-0.2, -0.15) is 4.31 Å². The lowest BCUT2D eigenvalue weighted by molar-refractivity contribution is -0.126. The van der Waals surface area contributed by atoms with E-state index >= 15 is 0 Å². The third-order valence-corrected chi connectivity index (χ3v) is 6.76. The monoisotopic (exact) mass is 439 g/mol. The van der Waals surface area contributed by atoms with Crippen LogP contribution in [0, 0.1) is 11.7 Å². The quantitative estimate of drug-likeness (QED) is 0.715. The largest absolute Gasteiger partial charge is 0.273 e. The van der Waals surface area contributed by atoms with E-state index in [9.17, 15) is 22.4 Å². The number of benzene rings is 2. The molecule has 1 saturated heterocycles. The Hall–Kier alpha value is -2.49. The van der Waals surface area contributed by atoms with Crippen LogP contribution in [-0.4, -0.2) is 37.6 Å². The zero-order valence-electron chi connectivity index (χ0n) is 15.3. The zero-order chi connectivity index (χ0) is 21.0. The molecular formula is C19H19ClFN3O4S. The summed E-state index contributed by atoms with van der Waals surface area (Å²) in [5.74, 6) is -2.69. The summed E-state index contributed by atoms with van der Waals surface area (Å²) in [6.45, 7) is 0.267. The van der Waals surface area contributed by atoms with Crippen molar-refractivity contribution in [3.63, 3.8) is 0 Å². The summed E-state index contributed by atoms with van der Waals surface area (Å²) in [7, 11) is -3.77. The second kappa shape index (κ2) is 8.89. The SMILES string of the molecule is O=C(NNC(=O)C1CCCN(S(=O)(=O)c2ccc(Cl)cc2)C1)c1ccccc1F. The standard InChI is InChI=1S/C19H19ClFN3O4S/c20-14-7-9-15(10-8-14)29(27,28)24-11-3-4-13(12-24)18(25)22-23-19(26)16-5-1-2-6-17(16)21/h1-2,5-10,13H,3-4,11-12H2,(H,22,25)(H,23,26). The van der Waals surface area contributed by atoms with Gasteiger partial charge in [-0.25, -0.2) is 12.8 Å². The summed E-state index contributed by atoms with van der Waals surface area (Å²) < 4.78 is 40.5. The van der Waals surface area contributed by atoms with Crippen LogP contribution in [0.1, 0.15) is 23.2 Å². The van der Waals surface area contributed by atoms with Crippen LogP contribution in [0.15, 0.2) is 53.4 Å². The van der Waals surface area contributed by atoms with E-state index in [-0.39, 0.29) is 23.5 Å². The van der Waals surface area contributed by atoms with Crippen LogP contribution in [0.25, 0.3) is 0 Å². The maximum Gasteiger partial charge on any atom is 0.272 e. The molecule has 0 bridgehead atoms. The fourth-order valence-corrected chi connectivity index (χ4v) is 4.71. The van der Waals surface area contributed by atoms with Gasteiger partial charge in [0.15, 0.2) is 0 Å². The molecule has 1 aliphatic heterocycles. The number of sulfonamides is 1. The van der Waals surface area contributed by atoms with Crippen LogP contribution in [0.2, 0.25) is 5.02 Å². The summed E-state index contributed by atoms with van der Waals surface area (Å²) in [6, 6.07) is 11.2. The van der Waals surface area contributed by atoms with Crippen LogP contribution in [0.3, 0.4) is 0 Å². The van der Waals surface area contributed by atoms with Gasteiger partial charge in [-0.15, -0.1) is 0 Å². The van der Waals surface area contributed by atoms with Gasteiger partial charge in [0.1, 0.15) is 5.82 Å². The minimum atomic E-state index is -3.77. The van der Waals surface area contributed by atoms with Crippen molar-refractivity contribution in [2.45, 2.75) is 17.7 Å². The van der Waals surface area contributed by atoms with Gasteiger partial charge in [0.05, 0.1) is 16.4 Å². The van der Waals surface area contributed by atoms with Gasteiger partial charge in [0.25, 0.3) is 5.91 Å². The van der Waals surface area contributed by atoms with Gasteiger partial charge >= 0.3 is 0 Å². The molecule has 3 rings (SSSR count). The minimum Gasteiger partial charge on any atom is -0.273 e. The average Bonchev–Trinajstić information content (AvgIpc) is 2.72. The molecule has 29 heavy (non-hydrogen) atoms. The Balaban J connectivity index is 1.63. The molecule has 7 nitrogen and oxygen atoms in total. The number of halogens is 2. The molecule has 0 radical (unpaired) electrons. The number of piperidine rings is 1. The van der Waals surface area contributed by atoms with Gasteiger partial charge in [-0.05, 0) is 49.2 Å². The third-order valence-electron chi connectivity index (χ3n) is 4.62. The lowest BCUT2D eigenvalue weighted by Crippen LogP contribution is -2.50. The van der Waals surface area contributed by atoms with Crippen molar-refractivity contribution in [2.24, 2.45) is 5.92 Å². The number of hydrogen-bond donors (Lipinski definition) is 2. The molecule has 1 unspecified atom stereocenters. The first-order valence-electron chi connectivity index (χ1n) is 8.89. The van der Waals surface area contributed by atoms with E-state index in [1.807, 2.05) is 0 Å². The number of carbonyl (C=O) groups excluding carboxylic acids is 2. The number of hydrazine groups is 1. The topological polar surface area (TPSA) is 95.6 Å². The van der Waals surface area contributed by atoms with Crippen molar-refractivity contribution < 1.29 is 22.4 Å². The molecule has 1 fully saturated rings. The number of nitrogens with zero attached hydrogens (tertiary/aromatic N) is 1. The average molecular weight is 440 g/mol. The van der Waals surface area contributed by atoms with Crippen LogP contribution in [-0.2, 0) is 14.8 Å². The van der Waals surface area contributed by atoms with Gasteiger partial charge < -0.3 is 0 Å². The summed E-state index contributed by atoms with van der Waals surface area (Å²) in [4.78, 5) is 24.5. The lowest BCUT2D eigenvalue weighted by atomic mass is 9.99. The number of amides is 2. The van der Waals surface area contributed by atoms with E-state index in [0.717, 1.165) is 6.07 Å². The van der Waals surface area contributed by atoms with Crippen LogP contribution >= 0.6 is 11.6 Å². The van der Waals surface area contributed by atoms with Crippen LogP contribution < -0.4 is 10.9 Å². The van der Waals surface area contributed by atoms with E-state index in [1.165, 1.54) is 46.8 Å². The molecule has 2 aromatic carbocycles. The minimum absolute atomic E-state index is 0.0215. The summed E-state index contributed by atoms with van der Waals surface area (Å²) in [6.07, 6.45) is 0.959. The van der Waals surface area contributed by atoms with Crippen molar-refractivity contribution in [3.8, 4) is 0 Å². The number of rotatable bonds is 4. The first kappa shape index (κ1) is 21.2. The Morgan fingerprint density at radius 1 is 1.07 bits per heavy atom. The molecule has 2 N–H and O–H groups in total. The van der Waals surface area contributed by atoms with Gasteiger partial charge in [-0.3, -0.25) is 20.4 Å². The first-order chi connectivity index (χ1) is 13.8. The van der Waals surface area contributed by atoms with E-state index in [1.54, 1.807) is 0 Å². The molecule has 0 aliphatic carbocycles. The van der Waals surface area contributed by atoms with Gasteiger partial charge in [-0.1, -0.05) is 23.7 Å². The van der Waals surface area contributed by atoms with Crippen molar-refractivity contribution in [2.75, 3.05) is 13.1 Å². The van der Waals surface area contributed by atoms with Crippen LogP contribution in [0.4, 0.5) is 4.39 Å². The second-order valence-electron chi connectivity index (χ2n) is 6.58. The molecular weight excluding hydrogens is 421 g/mol. The van der Waals surface area contributed by atoms with Gasteiger partial charge in [0, 0.05) is 18.1 Å². The normalized spacial score (nSPS) is 17.5. The van der Waals surface area contributed by atoms with Crippen molar-refractivity contribution in [1.82, 2.24) is 15.2 Å². The fraction of sp³-hybridized carbons (Fsp3) is 0.263. The molecule has 1 heterocycles. The van der Waals surface area contributed by atoms with E-state index in [0.29, 0.717) is 17.9 Å². The Morgan fingerprint density at radius 3 is 2.45 bits per heavy atom. The smallest absolute Gasteiger partial charge is 0.272 e. The highest BCUT2D eigenvalue weighted by molar-refractivity contribution is 7.89. The molecule has 0 saturated carbocycles. The Kier molecular flexibility index (Phi) is 6.51. The predicted octanol–water partition coefficient (Wildman–Crippen LogP) is 2.34. The van der Waals surface area contributed by atoms with Crippen molar-refractivity contribution in [1.29, 1.82) is 0 Å². The Labute approximate surface area is 172 Å². The van der Waals surface area contributed by atoms with E-state index in [2.05, 4.69) is 10.9 Å². The zero-order valence-corrected chi connectivity index (χ0v) is 16.8. The van der Waals surface area contributed by atoms with E-state index < -0.39 is 33.6 Å². The van der Waals surface area contributed by atoms with Crippen LogP contribution in [0.5, 0.6) is 0 Å². The molecule has 1 atom stereocenters.